The minimum absolute atomic E-state index is 0.223. The Morgan fingerprint density at radius 1 is 0.944 bits per heavy atom. The van der Waals surface area contributed by atoms with Gasteiger partial charge in [0.25, 0.3) is 0 Å². The predicted molar refractivity (Wildman–Crippen MR) is 146 cm³/mol. The molecule has 1 aliphatic rings. The molecule has 186 valence electrons. The molecular formula is C30H35N5O. The van der Waals surface area contributed by atoms with Crippen molar-refractivity contribution >= 4 is 22.6 Å². The third-order valence-electron chi connectivity index (χ3n) is 7.48. The van der Waals surface area contributed by atoms with Gasteiger partial charge in [-0.25, -0.2) is 9.67 Å². The second kappa shape index (κ2) is 9.76. The maximum absolute atomic E-state index is 13.2. The summed E-state index contributed by atoms with van der Waals surface area (Å²) in [4.78, 5) is 22.6. The van der Waals surface area contributed by atoms with E-state index >= 15 is 0 Å². The van der Waals surface area contributed by atoms with Crippen LogP contribution in [0.3, 0.4) is 0 Å². The van der Waals surface area contributed by atoms with Crippen LogP contribution < -0.4 is 4.90 Å². The number of para-hydroxylation sites is 1. The number of hydrogen-bond donors (Lipinski definition) is 0. The van der Waals surface area contributed by atoms with Gasteiger partial charge in [-0.15, -0.1) is 0 Å². The summed E-state index contributed by atoms with van der Waals surface area (Å²) in [5.74, 6) is 0.223. The number of benzene rings is 2. The first-order valence-corrected chi connectivity index (χ1v) is 12.9. The summed E-state index contributed by atoms with van der Waals surface area (Å²) >= 11 is 0. The van der Waals surface area contributed by atoms with Crippen LogP contribution in [0, 0.1) is 27.7 Å². The lowest BCUT2D eigenvalue weighted by Crippen LogP contribution is -2.53. The molecule has 6 nitrogen and oxygen atoms in total. The van der Waals surface area contributed by atoms with Gasteiger partial charge in [0.2, 0.25) is 5.91 Å². The normalized spacial score (nSPS) is 16.1. The zero-order chi connectivity index (χ0) is 25.4. The van der Waals surface area contributed by atoms with Crippen molar-refractivity contribution in [1.82, 2.24) is 19.7 Å². The number of carbonyl (C=O) groups is 1. The minimum atomic E-state index is 0.223. The van der Waals surface area contributed by atoms with Gasteiger partial charge >= 0.3 is 0 Å². The highest BCUT2D eigenvalue weighted by Crippen LogP contribution is 2.29. The second-order valence-corrected chi connectivity index (χ2v) is 10.1. The Labute approximate surface area is 213 Å². The van der Waals surface area contributed by atoms with E-state index in [1.54, 1.807) is 0 Å². The molecule has 1 atom stereocenters. The molecule has 1 saturated heterocycles. The average molecular weight is 482 g/mol. The van der Waals surface area contributed by atoms with Crippen LogP contribution in [0.2, 0.25) is 0 Å². The maximum atomic E-state index is 13.2. The molecule has 1 aliphatic heterocycles. The Morgan fingerprint density at radius 2 is 1.69 bits per heavy atom. The van der Waals surface area contributed by atoms with Gasteiger partial charge in [-0.05, 0) is 82.0 Å². The zero-order valence-electron chi connectivity index (χ0n) is 22.0. The van der Waals surface area contributed by atoms with E-state index in [9.17, 15) is 4.79 Å². The predicted octanol–water partition coefficient (Wildman–Crippen LogP) is 5.32. The zero-order valence-corrected chi connectivity index (χ0v) is 22.0. The number of fused-ring (bicyclic) bond motifs is 1. The topological polar surface area (TPSA) is 54.3 Å². The van der Waals surface area contributed by atoms with E-state index in [0.717, 1.165) is 53.3 Å². The van der Waals surface area contributed by atoms with Crippen molar-refractivity contribution < 1.29 is 4.79 Å². The Morgan fingerprint density at radius 3 is 2.42 bits per heavy atom. The monoisotopic (exact) mass is 481 g/mol. The lowest BCUT2D eigenvalue weighted by atomic mass is 9.98. The smallest absolute Gasteiger partial charge is 0.223 e. The summed E-state index contributed by atoms with van der Waals surface area (Å²) in [6.45, 7) is 12.9. The van der Waals surface area contributed by atoms with Gasteiger partial charge in [0.15, 0.2) is 5.65 Å². The molecule has 0 radical (unpaired) electrons. The van der Waals surface area contributed by atoms with Gasteiger partial charge in [-0.2, -0.15) is 5.10 Å². The highest BCUT2D eigenvalue weighted by Gasteiger charge is 2.27. The minimum Gasteiger partial charge on any atom is -0.365 e. The van der Waals surface area contributed by atoms with E-state index in [1.165, 1.54) is 16.8 Å². The first kappa shape index (κ1) is 24.0. The summed E-state index contributed by atoms with van der Waals surface area (Å²) in [7, 11) is 0. The van der Waals surface area contributed by atoms with Gasteiger partial charge in [0, 0.05) is 48.9 Å². The summed E-state index contributed by atoms with van der Waals surface area (Å²) in [6, 6.07) is 19.0. The van der Waals surface area contributed by atoms with Crippen LogP contribution in [-0.2, 0) is 11.2 Å². The van der Waals surface area contributed by atoms with E-state index in [-0.39, 0.29) is 11.9 Å². The maximum Gasteiger partial charge on any atom is 0.223 e. The molecule has 2 aromatic heterocycles. The van der Waals surface area contributed by atoms with Crippen LogP contribution in [0.1, 0.15) is 41.4 Å². The number of nitrogens with zero attached hydrogens (tertiary/aromatic N) is 5. The molecule has 36 heavy (non-hydrogen) atoms. The van der Waals surface area contributed by atoms with Crippen molar-refractivity contribution in [2.45, 2.75) is 53.5 Å². The van der Waals surface area contributed by atoms with Crippen LogP contribution in [-0.4, -0.2) is 51.2 Å². The van der Waals surface area contributed by atoms with Gasteiger partial charge in [0.05, 0.1) is 11.4 Å². The molecule has 3 heterocycles. The third-order valence-corrected chi connectivity index (χ3v) is 7.48. The average Bonchev–Trinajstić information content (AvgIpc) is 3.20. The number of aromatic nitrogens is 3. The van der Waals surface area contributed by atoms with E-state index in [2.05, 4.69) is 49.9 Å². The molecule has 4 aromatic rings. The molecule has 1 fully saturated rings. The molecule has 0 bridgehead atoms. The lowest BCUT2D eigenvalue weighted by molar-refractivity contribution is -0.131. The van der Waals surface area contributed by atoms with Crippen LogP contribution >= 0.6 is 0 Å². The van der Waals surface area contributed by atoms with Crippen LogP contribution in [0.25, 0.3) is 16.7 Å². The summed E-state index contributed by atoms with van der Waals surface area (Å²) in [6.07, 6.45) is 1.19. The van der Waals surface area contributed by atoms with E-state index in [4.69, 9.17) is 10.1 Å². The van der Waals surface area contributed by atoms with Crippen molar-refractivity contribution in [1.29, 1.82) is 0 Å². The third kappa shape index (κ3) is 4.48. The van der Waals surface area contributed by atoms with Crippen molar-refractivity contribution in [2.75, 3.05) is 24.5 Å². The van der Waals surface area contributed by atoms with Crippen molar-refractivity contribution in [3.8, 4) is 5.69 Å². The highest BCUT2D eigenvalue weighted by molar-refractivity contribution is 5.85. The number of amides is 1. The van der Waals surface area contributed by atoms with Crippen LogP contribution in [0.5, 0.6) is 0 Å². The first-order chi connectivity index (χ1) is 17.3. The number of anilines is 1. The Hall–Kier alpha value is -3.67. The van der Waals surface area contributed by atoms with Crippen molar-refractivity contribution in [3.05, 3.63) is 82.7 Å². The fourth-order valence-electron chi connectivity index (χ4n) is 5.59. The van der Waals surface area contributed by atoms with Crippen molar-refractivity contribution in [2.24, 2.45) is 0 Å². The van der Waals surface area contributed by atoms with Crippen LogP contribution in [0.15, 0.2) is 54.6 Å². The number of hydrogen-bond acceptors (Lipinski definition) is 4. The molecular weight excluding hydrogens is 446 g/mol. The molecule has 0 unspecified atom stereocenters. The van der Waals surface area contributed by atoms with Gasteiger partial charge in [0.1, 0.15) is 0 Å². The van der Waals surface area contributed by atoms with Gasteiger partial charge in [-0.1, -0.05) is 30.3 Å². The number of aryl methyl sites for hydroxylation is 4. The Balaban J connectivity index is 1.31. The quantitative estimate of drug-likeness (QED) is 0.387. The van der Waals surface area contributed by atoms with E-state index in [0.29, 0.717) is 12.8 Å². The Bertz CT molecular complexity index is 1410. The van der Waals surface area contributed by atoms with E-state index in [1.807, 2.05) is 53.8 Å². The largest absolute Gasteiger partial charge is 0.365 e. The Kier molecular flexibility index (Phi) is 6.52. The first-order valence-electron chi connectivity index (χ1n) is 12.9. The summed E-state index contributed by atoms with van der Waals surface area (Å²) in [5, 5.41) is 5.88. The van der Waals surface area contributed by atoms with Crippen molar-refractivity contribution in [3.63, 3.8) is 0 Å². The number of rotatable bonds is 5. The lowest BCUT2D eigenvalue weighted by Gasteiger charge is -2.41. The van der Waals surface area contributed by atoms with Gasteiger partial charge in [-0.3, -0.25) is 4.79 Å². The molecule has 0 spiro atoms. The standard InChI is InChI=1S/C30H35N5O/c1-20-10-9-13-26(18-20)34-17-16-33(19-21(34)2)28(36)15-14-27-22(3)29-24(5)32-35(30(29)31-23(27)4)25-11-7-6-8-12-25/h6-13,18,21H,14-17,19H2,1-5H3/t21-/m0/s1. The number of piperazine rings is 1. The summed E-state index contributed by atoms with van der Waals surface area (Å²) in [5.41, 5.74) is 8.68. The van der Waals surface area contributed by atoms with Gasteiger partial charge < -0.3 is 9.80 Å². The second-order valence-electron chi connectivity index (χ2n) is 10.1. The molecule has 2 aromatic carbocycles. The SMILES string of the molecule is Cc1cccc(N2CCN(C(=O)CCc3c(C)nc4c(c(C)nn4-c4ccccc4)c3C)C[C@@H]2C)c1. The molecule has 5 rings (SSSR count). The van der Waals surface area contributed by atoms with Crippen LogP contribution in [0.4, 0.5) is 5.69 Å². The fraction of sp³-hybridized carbons (Fsp3) is 0.367. The highest BCUT2D eigenvalue weighted by atomic mass is 16.2. The molecule has 6 heteroatoms. The van der Waals surface area contributed by atoms with E-state index < -0.39 is 0 Å². The number of pyridine rings is 1. The molecule has 0 saturated carbocycles. The molecule has 0 N–H and O–H groups in total. The molecule has 0 aliphatic carbocycles. The fourth-order valence-corrected chi connectivity index (χ4v) is 5.59. The summed E-state index contributed by atoms with van der Waals surface area (Å²) < 4.78 is 1.93. The molecule has 1 amide bonds. The number of carbonyl (C=O) groups excluding carboxylic acids is 1.